The molecule has 44 heavy (non-hydrogen) atoms. The van der Waals surface area contributed by atoms with Crippen LogP contribution in [0.5, 0.6) is 0 Å². The molecule has 4 rings (SSSR count). The summed E-state index contributed by atoms with van der Waals surface area (Å²) in [5.41, 5.74) is -2.62. The molecule has 0 radical (unpaired) electrons. The van der Waals surface area contributed by atoms with E-state index in [1.54, 1.807) is 13.0 Å². The summed E-state index contributed by atoms with van der Waals surface area (Å²) in [6.45, 7) is 2.28. The number of nitrogens with zero attached hydrogens (tertiary/aromatic N) is 4. The summed E-state index contributed by atoms with van der Waals surface area (Å²) in [5.74, 6) is -2.82. The first-order valence-electron chi connectivity index (χ1n) is 13.6. The van der Waals surface area contributed by atoms with Crippen LogP contribution in [0.15, 0.2) is 58.0 Å². The summed E-state index contributed by atoms with van der Waals surface area (Å²) >= 11 is 1.02. The maximum atomic E-state index is 14.9. The van der Waals surface area contributed by atoms with Crippen molar-refractivity contribution in [3.05, 3.63) is 76.0 Å². The van der Waals surface area contributed by atoms with Gasteiger partial charge in [0.2, 0.25) is 5.91 Å². The van der Waals surface area contributed by atoms with Crippen LogP contribution in [0.3, 0.4) is 0 Å². The summed E-state index contributed by atoms with van der Waals surface area (Å²) in [5, 5.41) is 2.68. The van der Waals surface area contributed by atoms with E-state index in [1.165, 1.54) is 28.8 Å². The standard InChI is InChI=1S/C30H30F5N5O3S/c1-5-19(41)14-18(39(4)24(42)7-6-10-38(2)3)16-36-28-21-15-22(30(33,34)35)25(20-9-8-17(31)13-23(20)32)27-26(21)40(11-12-44-27)29(43)37-28/h6-9,13,15-16H,5,10-12,14H2,1-4H3,(H,36,37,43)/b7-6+,18-16+. The number of hydrogen-bond donors (Lipinski definition) is 1. The molecule has 0 spiro atoms. The Hall–Kier alpha value is -4.04. The molecule has 0 saturated carbocycles. The molecule has 234 valence electrons. The number of Topliss-reactive ketones (excluding diaryl/α,β-unsaturated/α-hetero) is 1. The molecule has 0 saturated heterocycles. The average molecular weight is 636 g/mol. The predicted molar refractivity (Wildman–Crippen MR) is 159 cm³/mol. The van der Waals surface area contributed by atoms with Crippen LogP contribution in [0.4, 0.5) is 27.8 Å². The minimum atomic E-state index is -4.96. The summed E-state index contributed by atoms with van der Waals surface area (Å²) in [6, 6.07) is 3.09. The fraction of sp³-hybridized carbons (Fsp3) is 0.333. The number of nitrogens with one attached hydrogen (secondary N) is 1. The fourth-order valence-electron chi connectivity index (χ4n) is 4.65. The summed E-state index contributed by atoms with van der Waals surface area (Å²) in [7, 11) is 5.09. The third-order valence-corrected chi connectivity index (χ3v) is 8.00. The van der Waals surface area contributed by atoms with Gasteiger partial charge >= 0.3 is 11.9 Å². The van der Waals surface area contributed by atoms with E-state index in [0.717, 1.165) is 30.0 Å². The highest BCUT2D eigenvalue weighted by molar-refractivity contribution is 7.99. The van der Waals surface area contributed by atoms with Crippen molar-refractivity contribution in [1.29, 1.82) is 0 Å². The monoisotopic (exact) mass is 635 g/mol. The zero-order valence-corrected chi connectivity index (χ0v) is 25.2. The molecule has 1 aromatic heterocycles. The number of aromatic nitrogens is 2. The van der Waals surface area contributed by atoms with E-state index in [0.29, 0.717) is 12.6 Å². The Kier molecular flexibility index (Phi) is 9.94. The van der Waals surface area contributed by atoms with Crippen LogP contribution in [0.25, 0.3) is 22.0 Å². The number of hydrogen-bond acceptors (Lipinski definition) is 7. The molecule has 1 aliphatic rings. The lowest BCUT2D eigenvalue weighted by Gasteiger charge is -2.26. The van der Waals surface area contributed by atoms with Gasteiger partial charge in [-0.2, -0.15) is 18.2 Å². The fourth-order valence-corrected chi connectivity index (χ4v) is 5.85. The highest BCUT2D eigenvalue weighted by Gasteiger charge is 2.38. The van der Waals surface area contributed by atoms with E-state index in [2.05, 4.69) is 10.3 Å². The molecule has 1 amide bonds. The van der Waals surface area contributed by atoms with Crippen LogP contribution < -0.4 is 11.0 Å². The summed E-state index contributed by atoms with van der Waals surface area (Å²) in [6.07, 6.45) is -0.734. The number of alkyl halides is 3. The molecule has 14 heteroatoms. The highest BCUT2D eigenvalue weighted by atomic mass is 32.2. The summed E-state index contributed by atoms with van der Waals surface area (Å²) < 4.78 is 73.4. The van der Waals surface area contributed by atoms with Gasteiger partial charge in [-0.25, -0.2) is 13.6 Å². The molecule has 2 aromatic carbocycles. The van der Waals surface area contributed by atoms with Crippen LogP contribution in [-0.4, -0.2) is 64.5 Å². The largest absolute Gasteiger partial charge is 0.417 e. The second-order valence-electron chi connectivity index (χ2n) is 10.3. The second kappa shape index (κ2) is 13.3. The van der Waals surface area contributed by atoms with Crippen molar-refractivity contribution in [3.63, 3.8) is 0 Å². The van der Waals surface area contributed by atoms with Crippen molar-refractivity contribution in [1.82, 2.24) is 19.4 Å². The van der Waals surface area contributed by atoms with Gasteiger partial charge < -0.3 is 15.1 Å². The number of ketones is 1. The van der Waals surface area contributed by atoms with Crippen molar-refractivity contribution in [2.75, 3.05) is 38.8 Å². The number of carbonyl (C=O) groups is 2. The minimum absolute atomic E-state index is 0.00202. The number of benzene rings is 2. The van der Waals surface area contributed by atoms with Gasteiger partial charge in [-0.3, -0.25) is 14.2 Å². The van der Waals surface area contributed by atoms with E-state index in [1.807, 2.05) is 19.0 Å². The van der Waals surface area contributed by atoms with Gasteiger partial charge in [-0.1, -0.05) is 13.0 Å². The van der Waals surface area contributed by atoms with E-state index in [-0.39, 0.29) is 58.2 Å². The van der Waals surface area contributed by atoms with E-state index >= 15 is 0 Å². The maximum absolute atomic E-state index is 14.9. The van der Waals surface area contributed by atoms with E-state index in [9.17, 15) is 36.3 Å². The van der Waals surface area contributed by atoms with Gasteiger partial charge in [-0.15, -0.1) is 11.8 Å². The van der Waals surface area contributed by atoms with Gasteiger partial charge in [0.1, 0.15) is 23.2 Å². The minimum Gasteiger partial charge on any atom is -0.344 e. The number of amides is 1. The topological polar surface area (TPSA) is 87.5 Å². The Bertz CT molecular complexity index is 1730. The molecule has 8 nitrogen and oxygen atoms in total. The molecule has 1 N–H and O–H groups in total. The first-order valence-corrected chi connectivity index (χ1v) is 14.5. The molecule has 2 heterocycles. The molecule has 0 atom stereocenters. The zero-order valence-electron chi connectivity index (χ0n) is 24.4. The van der Waals surface area contributed by atoms with Gasteiger partial charge in [0, 0.05) is 84.2 Å². The maximum Gasteiger partial charge on any atom is 0.417 e. The van der Waals surface area contributed by atoms with Gasteiger partial charge in [-0.05, 0) is 32.3 Å². The molecule has 0 fully saturated rings. The molecule has 1 aliphatic heterocycles. The number of allylic oxidation sites excluding steroid dienone is 1. The van der Waals surface area contributed by atoms with E-state index < -0.39 is 46.1 Å². The molecule has 0 bridgehead atoms. The normalized spacial score (nSPS) is 13.6. The number of thioether (sulfide) groups is 1. The third kappa shape index (κ3) is 7.02. The zero-order chi connectivity index (χ0) is 32.3. The van der Waals surface area contributed by atoms with Crippen LogP contribution in [0, 0.1) is 11.6 Å². The van der Waals surface area contributed by atoms with Crippen LogP contribution in [0.1, 0.15) is 25.3 Å². The number of halogens is 5. The second-order valence-corrected chi connectivity index (χ2v) is 11.4. The lowest BCUT2D eigenvalue weighted by Crippen LogP contribution is -2.29. The summed E-state index contributed by atoms with van der Waals surface area (Å²) in [4.78, 5) is 45.3. The lowest BCUT2D eigenvalue weighted by atomic mass is 9.96. The molecular weight excluding hydrogens is 605 g/mol. The van der Waals surface area contributed by atoms with Crippen molar-refractivity contribution < 1.29 is 31.5 Å². The number of aryl methyl sites for hydroxylation is 1. The SMILES string of the molecule is CCC(=O)C/C(=C\Nc1nc(=O)n2c3c(c(-c4ccc(F)cc4F)c(C(F)(F)F)cc13)SCC2)N(C)C(=O)/C=C/CN(C)C. The van der Waals surface area contributed by atoms with Crippen LogP contribution >= 0.6 is 11.8 Å². The first-order chi connectivity index (χ1) is 20.7. The van der Waals surface area contributed by atoms with Crippen LogP contribution in [-0.2, 0) is 22.3 Å². The Morgan fingerprint density at radius 3 is 2.52 bits per heavy atom. The molecule has 0 aliphatic carbocycles. The van der Waals surface area contributed by atoms with Gasteiger partial charge in [0.15, 0.2) is 0 Å². The Morgan fingerprint density at radius 1 is 1.16 bits per heavy atom. The van der Waals surface area contributed by atoms with E-state index in [4.69, 9.17) is 0 Å². The Balaban J connectivity index is 1.91. The predicted octanol–water partition coefficient (Wildman–Crippen LogP) is 5.66. The molecule has 3 aromatic rings. The number of likely N-dealkylation sites (N-methyl/N-ethyl adjacent to an activating group) is 2. The molecular formula is C30H30F5N5O3S. The average Bonchev–Trinajstić information content (AvgIpc) is 2.96. The third-order valence-electron chi connectivity index (χ3n) is 6.93. The van der Waals surface area contributed by atoms with Crippen molar-refractivity contribution in [2.45, 2.75) is 37.4 Å². The van der Waals surface area contributed by atoms with Gasteiger partial charge in [0.25, 0.3) is 0 Å². The van der Waals surface area contributed by atoms with Gasteiger partial charge in [0.05, 0.1) is 11.1 Å². The number of anilines is 1. The lowest BCUT2D eigenvalue weighted by molar-refractivity contribution is -0.137. The first kappa shape index (κ1) is 32.9. The Morgan fingerprint density at radius 2 is 1.89 bits per heavy atom. The number of rotatable bonds is 10. The highest BCUT2D eigenvalue weighted by Crippen LogP contribution is 2.48. The smallest absolute Gasteiger partial charge is 0.344 e. The number of carbonyl (C=O) groups excluding carboxylic acids is 2. The quantitative estimate of drug-likeness (QED) is 0.227. The molecule has 0 unspecified atom stereocenters. The van der Waals surface area contributed by atoms with Crippen molar-refractivity contribution in [3.8, 4) is 11.1 Å². The Labute approximate surface area is 254 Å². The van der Waals surface area contributed by atoms with Crippen LogP contribution in [0.2, 0.25) is 0 Å². The van der Waals surface area contributed by atoms with Crippen molar-refractivity contribution >= 4 is 40.2 Å². The van der Waals surface area contributed by atoms with Crippen molar-refractivity contribution in [2.24, 2.45) is 0 Å².